The van der Waals surface area contributed by atoms with Crippen LogP contribution in [0.1, 0.15) is 4.88 Å². The van der Waals surface area contributed by atoms with E-state index in [1.54, 1.807) is 11.3 Å². The molecule has 0 aromatic carbocycles. The maximum absolute atomic E-state index is 4.87. The van der Waals surface area contributed by atoms with E-state index in [4.69, 9.17) is 3.07 Å². The second-order valence-corrected chi connectivity index (χ2v) is 2.99. The van der Waals surface area contributed by atoms with Crippen LogP contribution < -0.4 is 0 Å². The molecule has 0 fully saturated rings. The molecule has 0 spiro atoms. The monoisotopic (exact) mass is 240 g/mol. The normalized spacial score (nSPS) is 9.62. The third-order valence-corrected chi connectivity index (χ3v) is 1.94. The van der Waals surface area contributed by atoms with Crippen molar-refractivity contribution in [3.63, 3.8) is 0 Å². The zero-order valence-electron chi connectivity index (χ0n) is 4.13. The minimum Gasteiger partial charge on any atom is -0.310 e. The third-order valence-electron chi connectivity index (χ3n) is 0.777. The van der Waals surface area contributed by atoms with Crippen molar-refractivity contribution >= 4 is 34.3 Å². The molecular weight excluding hydrogens is 235 g/mol. The van der Waals surface area contributed by atoms with Gasteiger partial charge in [-0.2, -0.15) is 0 Å². The minimum absolute atomic E-state index is 0.734. The maximum atomic E-state index is 4.87. The van der Waals surface area contributed by atoms with E-state index in [9.17, 15) is 0 Å². The van der Waals surface area contributed by atoms with Crippen LogP contribution in [0.2, 0.25) is 0 Å². The molecule has 1 heterocycles. The molecule has 8 heavy (non-hydrogen) atoms. The van der Waals surface area contributed by atoms with E-state index in [0.717, 1.165) is 6.61 Å². The average molecular weight is 240 g/mol. The van der Waals surface area contributed by atoms with E-state index >= 15 is 0 Å². The Labute approximate surface area is 66.4 Å². The van der Waals surface area contributed by atoms with Gasteiger partial charge < -0.3 is 3.07 Å². The van der Waals surface area contributed by atoms with Crippen LogP contribution in [0.25, 0.3) is 0 Å². The van der Waals surface area contributed by atoms with Crippen molar-refractivity contribution in [3.8, 4) is 0 Å². The highest BCUT2D eigenvalue weighted by molar-refractivity contribution is 14.1. The molecule has 0 aliphatic carbocycles. The summed E-state index contributed by atoms with van der Waals surface area (Å²) in [5.74, 6) is 0. The van der Waals surface area contributed by atoms with Crippen LogP contribution in [-0.4, -0.2) is 0 Å². The van der Waals surface area contributed by atoms with E-state index in [1.165, 1.54) is 4.88 Å². The summed E-state index contributed by atoms with van der Waals surface area (Å²) >= 11 is 3.61. The molecule has 0 bridgehead atoms. The lowest BCUT2D eigenvalue weighted by Gasteiger charge is -1.86. The van der Waals surface area contributed by atoms with Gasteiger partial charge in [0.05, 0.1) is 6.61 Å². The van der Waals surface area contributed by atoms with Gasteiger partial charge in [0.15, 0.2) is 0 Å². The molecule has 0 atom stereocenters. The Morgan fingerprint density at radius 3 is 3.12 bits per heavy atom. The summed E-state index contributed by atoms with van der Waals surface area (Å²) in [6.07, 6.45) is 0. The SMILES string of the molecule is IOCc1cccs1. The lowest BCUT2D eigenvalue weighted by atomic mass is 10.5. The zero-order valence-corrected chi connectivity index (χ0v) is 7.11. The summed E-state index contributed by atoms with van der Waals surface area (Å²) < 4.78 is 4.87. The molecule has 1 nitrogen and oxygen atoms in total. The largest absolute Gasteiger partial charge is 0.310 e. The minimum atomic E-state index is 0.734. The van der Waals surface area contributed by atoms with Gasteiger partial charge in [0.25, 0.3) is 0 Å². The van der Waals surface area contributed by atoms with Crippen molar-refractivity contribution < 1.29 is 3.07 Å². The molecule has 0 aliphatic heterocycles. The summed E-state index contributed by atoms with van der Waals surface area (Å²) in [5.41, 5.74) is 0. The number of thiophene rings is 1. The standard InChI is InChI=1S/C5H5IOS/c6-7-4-5-2-1-3-8-5/h1-3H,4H2. The number of halogens is 1. The van der Waals surface area contributed by atoms with Gasteiger partial charge in [-0.1, -0.05) is 6.07 Å². The first-order chi connectivity index (χ1) is 3.93. The fourth-order valence-electron chi connectivity index (χ4n) is 0.448. The Morgan fingerprint density at radius 1 is 1.75 bits per heavy atom. The summed E-state index contributed by atoms with van der Waals surface area (Å²) in [4.78, 5) is 1.28. The molecule has 1 aromatic rings. The van der Waals surface area contributed by atoms with Crippen LogP contribution in [0.15, 0.2) is 17.5 Å². The maximum Gasteiger partial charge on any atom is 0.110 e. The predicted octanol–water partition coefficient (Wildman–Crippen LogP) is 2.61. The second kappa shape index (κ2) is 3.42. The molecule has 0 radical (unpaired) electrons. The van der Waals surface area contributed by atoms with E-state index in [0.29, 0.717) is 0 Å². The van der Waals surface area contributed by atoms with Crippen LogP contribution in [0, 0.1) is 0 Å². The fraction of sp³-hybridized carbons (Fsp3) is 0.200. The Balaban J connectivity index is 2.50. The Kier molecular flexibility index (Phi) is 2.78. The van der Waals surface area contributed by atoms with Gasteiger partial charge >= 0.3 is 0 Å². The summed E-state index contributed by atoms with van der Waals surface area (Å²) in [5, 5.41) is 2.05. The van der Waals surface area contributed by atoms with Gasteiger partial charge in [-0.3, -0.25) is 0 Å². The molecule has 3 heteroatoms. The number of rotatable bonds is 2. The lowest BCUT2D eigenvalue weighted by molar-refractivity contribution is 0.423. The summed E-state index contributed by atoms with van der Waals surface area (Å²) in [6, 6.07) is 4.08. The van der Waals surface area contributed by atoms with Crippen molar-refractivity contribution in [2.24, 2.45) is 0 Å². The van der Waals surface area contributed by atoms with Gasteiger partial charge in [-0.25, -0.2) is 0 Å². The van der Waals surface area contributed by atoms with E-state index in [2.05, 4.69) is 6.07 Å². The first-order valence-electron chi connectivity index (χ1n) is 2.19. The van der Waals surface area contributed by atoms with Crippen LogP contribution in [0.3, 0.4) is 0 Å². The molecule has 0 saturated carbocycles. The first kappa shape index (κ1) is 6.51. The predicted molar refractivity (Wildman–Crippen MR) is 43.1 cm³/mol. The highest BCUT2D eigenvalue weighted by Gasteiger charge is 1.88. The van der Waals surface area contributed by atoms with Crippen LogP contribution in [0.5, 0.6) is 0 Å². The van der Waals surface area contributed by atoms with Crippen LogP contribution >= 0.6 is 34.3 Å². The molecule has 0 unspecified atom stereocenters. The van der Waals surface area contributed by atoms with Gasteiger partial charge in [0.2, 0.25) is 0 Å². The van der Waals surface area contributed by atoms with Crippen molar-refractivity contribution in [1.82, 2.24) is 0 Å². The highest BCUT2D eigenvalue weighted by atomic mass is 127. The van der Waals surface area contributed by atoms with Gasteiger partial charge in [0, 0.05) is 4.88 Å². The fourth-order valence-corrected chi connectivity index (χ4v) is 1.61. The molecule has 1 aromatic heterocycles. The van der Waals surface area contributed by atoms with E-state index in [1.807, 2.05) is 34.5 Å². The van der Waals surface area contributed by atoms with E-state index in [-0.39, 0.29) is 0 Å². The van der Waals surface area contributed by atoms with Crippen molar-refractivity contribution in [2.45, 2.75) is 6.61 Å². The average Bonchev–Trinajstić information content (AvgIpc) is 2.19. The smallest absolute Gasteiger partial charge is 0.110 e. The molecule has 44 valence electrons. The first-order valence-corrected chi connectivity index (χ1v) is 3.95. The Bertz CT molecular complexity index is 138. The molecule has 0 amide bonds. The summed E-state index contributed by atoms with van der Waals surface area (Å²) in [7, 11) is 0. The highest BCUT2D eigenvalue weighted by Crippen LogP contribution is 2.10. The molecule has 0 N–H and O–H groups in total. The van der Waals surface area contributed by atoms with Crippen molar-refractivity contribution in [1.29, 1.82) is 0 Å². The van der Waals surface area contributed by atoms with Gasteiger partial charge in [-0.05, 0) is 11.4 Å². The second-order valence-electron chi connectivity index (χ2n) is 1.33. The van der Waals surface area contributed by atoms with E-state index < -0.39 is 0 Å². The topological polar surface area (TPSA) is 9.23 Å². The Morgan fingerprint density at radius 2 is 2.62 bits per heavy atom. The van der Waals surface area contributed by atoms with Gasteiger partial charge in [-0.15, -0.1) is 11.3 Å². The quantitative estimate of drug-likeness (QED) is 0.722. The van der Waals surface area contributed by atoms with Crippen molar-refractivity contribution in [3.05, 3.63) is 22.4 Å². The molecule has 0 aliphatic rings. The molecular formula is C5H5IOS. The molecule has 0 saturated heterocycles. The van der Waals surface area contributed by atoms with Crippen molar-refractivity contribution in [2.75, 3.05) is 0 Å². The third kappa shape index (κ3) is 1.72. The number of hydrogen-bond donors (Lipinski definition) is 0. The summed E-state index contributed by atoms with van der Waals surface area (Å²) in [6.45, 7) is 0.734. The van der Waals surface area contributed by atoms with Crippen LogP contribution in [0.4, 0.5) is 0 Å². The Hall–Kier alpha value is 0.390. The van der Waals surface area contributed by atoms with Crippen LogP contribution in [-0.2, 0) is 9.67 Å². The zero-order chi connectivity index (χ0) is 5.82. The number of hydrogen-bond acceptors (Lipinski definition) is 2. The lowest BCUT2D eigenvalue weighted by Crippen LogP contribution is -1.72. The molecule has 1 rings (SSSR count). The van der Waals surface area contributed by atoms with Gasteiger partial charge in [0.1, 0.15) is 23.0 Å².